The van der Waals surface area contributed by atoms with Gasteiger partial charge in [0, 0.05) is 37.0 Å². The molecule has 1 aliphatic rings. The van der Waals surface area contributed by atoms with E-state index in [0.717, 1.165) is 42.4 Å². The van der Waals surface area contributed by atoms with Gasteiger partial charge in [-0.25, -0.2) is 8.78 Å². The van der Waals surface area contributed by atoms with Crippen LogP contribution in [0, 0.1) is 25.5 Å². The number of guanidine groups is 1. The van der Waals surface area contributed by atoms with Crippen molar-refractivity contribution in [1.29, 1.82) is 0 Å². The van der Waals surface area contributed by atoms with E-state index in [1.165, 1.54) is 0 Å². The fourth-order valence-corrected chi connectivity index (χ4v) is 3.06. The topological polar surface area (TPSA) is 66.0 Å². The standard InChI is InChI=1S/C22H26F2N4O2/c1-15-3-4-17(11-16(15)2)21(29)27-22(25-5-6-28-7-9-30-10-8-28)26-20-13-18(23)12-19(24)14-20/h3-4,11-14H,5-10H2,1-2H3,(H2,25,26,27,29). The molecule has 30 heavy (non-hydrogen) atoms. The van der Waals surface area contributed by atoms with Crippen LogP contribution in [0.15, 0.2) is 41.4 Å². The van der Waals surface area contributed by atoms with Gasteiger partial charge in [-0.3, -0.25) is 20.0 Å². The largest absolute Gasteiger partial charge is 0.379 e. The molecule has 0 bridgehead atoms. The summed E-state index contributed by atoms with van der Waals surface area (Å²) in [5.74, 6) is -1.65. The molecule has 1 fully saturated rings. The fraction of sp³-hybridized carbons (Fsp3) is 0.364. The summed E-state index contributed by atoms with van der Waals surface area (Å²) in [7, 11) is 0. The molecular weight excluding hydrogens is 390 g/mol. The number of halogens is 2. The van der Waals surface area contributed by atoms with Gasteiger partial charge in [0.2, 0.25) is 5.96 Å². The van der Waals surface area contributed by atoms with E-state index in [2.05, 4.69) is 20.5 Å². The van der Waals surface area contributed by atoms with Gasteiger partial charge in [-0.2, -0.15) is 0 Å². The Morgan fingerprint density at radius 2 is 1.77 bits per heavy atom. The third-order valence-electron chi connectivity index (χ3n) is 4.92. The summed E-state index contributed by atoms with van der Waals surface area (Å²) in [4.78, 5) is 19.3. The molecule has 0 unspecified atom stereocenters. The second kappa shape index (κ2) is 10.3. The molecule has 1 heterocycles. The average molecular weight is 416 g/mol. The van der Waals surface area contributed by atoms with Crippen molar-refractivity contribution in [3.05, 3.63) is 64.7 Å². The highest BCUT2D eigenvalue weighted by Gasteiger charge is 2.13. The zero-order valence-corrected chi connectivity index (χ0v) is 17.2. The van der Waals surface area contributed by atoms with E-state index in [-0.39, 0.29) is 17.6 Å². The quantitative estimate of drug-likeness (QED) is 0.581. The van der Waals surface area contributed by atoms with Crippen molar-refractivity contribution in [2.24, 2.45) is 4.99 Å². The minimum absolute atomic E-state index is 0.136. The van der Waals surface area contributed by atoms with Gasteiger partial charge in [0.1, 0.15) is 11.6 Å². The summed E-state index contributed by atoms with van der Waals surface area (Å²) in [6, 6.07) is 8.46. The molecule has 3 rings (SSSR count). The fourth-order valence-electron chi connectivity index (χ4n) is 3.06. The van der Waals surface area contributed by atoms with Gasteiger partial charge in [-0.15, -0.1) is 0 Å². The summed E-state index contributed by atoms with van der Waals surface area (Å²) < 4.78 is 32.4. The van der Waals surface area contributed by atoms with Gasteiger partial charge in [0.05, 0.1) is 19.8 Å². The molecule has 2 aromatic carbocycles. The van der Waals surface area contributed by atoms with Crippen LogP contribution in [0.5, 0.6) is 0 Å². The van der Waals surface area contributed by atoms with E-state index in [9.17, 15) is 13.6 Å². The minimum Gasteiger partial charge on any atom is -0.379 e. The number of hydrogen-bond acceptors (Lipinski definition) is 4. The molecule has 0 radical (unpaired) electrons. The highest BCUT2D eigenvalue weighted by molar-refractivity contribution is 6.10. The second-order valence-corrected chi connectivity index (χ2v) is 7.22. The summed E-state index contributed by atoms with van der Waals surface area (Å²) in [6.45, 7) is 8.00. The Labute approximate surface area is 174 Å². The molecule has 2 N–H and O–H groups in total. The van der Waals surface area contributed by atoms with Gasteiger partial charge in [0.25, 0.3) is 5.91 Å². The molecule has 6 nitrogen and oxygen atoms in total. The molecule has 0 spiro atoms. The molecule has 2 aromatic rings. The maximum atomic E-state index is 13.6. The molecule has 0 aliphatic carbocycles. The zero-order valence-electron chi connectivity index (χ0n) is 17.2. The predicted molar refractivity (Wildman–Crippen MR) is 113 cm³/mol. The van der Waals surface area contributed by atoms with Crippen LogP contribution in [-0.4, -0.2) is 56.2 Å². The first-order valence-electron chi connectivity index (χ1n) is 9.87. The highest BCUT2D eigenvalue weighted by atomic mass is 19.1. The SMILES string of the molecule is Cc1ccc(C(=O)NC(=NCCN2CCOCC2)Nc2cc(F)cc(F)c2)cc1C. The van der Waals surface area contributed by atoms with Gasteiger partial charge in [0.15, 0.2) is 0 Å². The van der Waals surface area contributed by atoms with Crippen LogP contribution in [-0.2, 0) is 4.74 Å². The van der Waals surface area contributed by atoms with Gasteiger partial charge < -0.3 is 10.1 Å². The summed E-state index contributed by atoms with van der Waals surface area (Å²) in [5, 5.41) is 5.54. The molecule has 1 saturated heterocycles. The van der Waals surface area contributed by atoms with E-state index < -0.39 is 11.6 Å². The lowest BCUT2D eigenvalue weighted by molar-refractivity contribution is 0.0394. The van der Waals surface area contributed by atoms with E-state index in [1.807, 2.05) is 19.9 Å². The van der Waals surface area contributed by atoms with Gasteiger partial charge in [-0.1, -0.05) is 6.07 Å². The van der Waals surface area contributed by atoms with Crippen molar-refractivity contribution in [3.63, 3.8) is 0 Å². The number of aliphatic imine (C=N–C) groups is 1. The van der Waals surface area contributed by atoms with Crippen LogP contribution < -0.4 is 10.6 Å². The number of anilines is 1. The molecule has 160 valence electrons. The lowest BCUT2D eigenvalue weighted by Gasteiger charge is -2.25. The number of amides is 1. The predicted octanol–water partition coefficient (Wildman–Crippen LogP) is 3.11. The Hall–Kier alpha value is -2.84. The molecule has 0 aromatic heterocycles. The van der Waals surface area contributed by atoms with Crippen molar-refractivity contribution in [2.75, 3.05) is 44.7 Å². The number of morpholine rings is 1. The lowest BCUT2D eigenvalue weighted by atomic mass is 10.1. The second-order valence-electron chi connectivity index (χ2n) is 7.22. The third kappa shape index (κ3) is 6.33. The molecule has 1 amide bonds. The monoisotopic (exact) mass is 416 g/mol. The van der Waals surface area contributed by atoms with Crippen molar-refractivity contribution in [1.82, 2.24) is 10.2 Å². The van der Waals surface area contributed by atoms with Crippen molar-refractivity contribution < 1.29 is 18.3 Å². The molecule has 0 atom stereocenters. The minimum atomic E-state index is -0.717. The number of carbonyl (C=O) groups excluding carboxylic acids is 1. The number of nitrogens with one attached hydrogen (secondary N) is 2. The van der Waals surface area contributed by atoms with Crippen LogP contribution >= 0.6 is 0 Å². The first-order chi connectivity index (χ1) is 14.4. The van der Waals surface area contributed by atoms with E-state index in [0.29, 0.717) is 31.9 Å². The highest BCUT2D eigenvalue weighted by Crippen LogP contribution is 2.13. The summed E-state index contributed by atoms with van der Waals surface area (Å²) >= 11 is 0. The summed E-state index contributed by atoms with van der Waals surface area (Å²) in [5.41, 5.74) is 2.72. The third-order valence-corrected chi connectivity index (χ3v) is 4.92. The molecular formula is C22H26F2N4O2. The molecule has 1 aliphatic heterocycles. The Morgan fingerprint density at radius 1 is 1.07 bits per heavy atom. The summed E-state index contributed by atoms with van der Waals surface area (Å²) in [6.07, 6.45) is 0. The maximum absolute atomic E-state index is 13.6. The number of aryl methyl sites for hydroxylation is 2. The van der Waals surface area contributed by atoms with Gasteiger partial charge in [-0.05, 0) is 49.2 Å². The number of ether oxygens (including phenoxy) is 1. The Bertz CT molecular complexity index is 907. The van der Waals surface area contributed by atoms with Crippen LogP contribution in [0.3, 0.4) is 0 Å². The van der Waals surface area contributed by atoms with Gasteiger partial charge >= 0.3 is 0 Å². The first-order valence-corrected chi connectivity index (χ1v) is 9.87. The van der Waals surface area contributed by atoms with Crippen LogP contribution in [0.2, 0.25) is 0 Å². The van der Waals surface area contributed by atoms with Crippen LogP contribution in [0.1, 0.15) is 21.5 Å². The zero-order chi connectivity index (χ0) is 21.5. The van der Waals surface area contributed by atoms with Crippen molar-refractivity contribution in [2.45, 2.75) is 13.8 Å². The Kier molecular flexibility index (Phi) is 7.48. The maximum Gasteiger partial charge on any atom is 0.257 e. The Morgan fingerprint density at radius 3 is 2.43 bits per heavy atom. The Balaban J connectivity index is 1.73. The number of hydrogen-bond donors (Lipinski definition) is 2. The van der Waals surface area contributed by atoms with Crippen LogP contribution in [0.25, 0.3) is 0 Å². The molecule has 0 saturated carbocycles. The van der Waals surface area contributed by atoms with E-state index in [4.69, 9.17) is 4.74 Å². The van der Waals surface area contributed by atoms with Crippen LogP contribution in [0.4, 0.5) is 14.5 Å². The van der Waals surface area contributed by atoms with E-state index in [1.54, 1.807) is 12.1 Å². The first kappa shape index (κ1) is 21.9. The number of rotatable bonds is 5. The van der Waals surface area contributed by atoms with Crippen molar-refractivity contribution >= 4 is 17.6 Å². The number of nitrogens with zero attached hydrogens (tertiary/aromatic N) is 2. The average Bonchev–Trinajstić information content (AvgIpc) is 2.70. The number of benzene rings is 2. The smallest absolute Gasteiger partial charge is 0.257 e. The van der Waals surface area contributed by atoms with E-state index >= 15 is 0 Å². The molecule has 8 heteroatoms. The lowest BCUT2D eigenvalue weighted by Crippen LogP contribution is -2.39. The van der Waals surface area contributed by atoms with Crippen molar-refractivity contribution in [3.8, 4) is 0 Å². The normalized spacial score (nSPS) is 15.1. The number of carbonyl (C=O) groups is 1.